The Hall–Kier alpha value is -0.300. The predicted molar refractivity (Wildman–Crippen MR) is 100 cm³/mol. The second-order valence-electron chi connectivity index (χ2n) is 7.36. The summed E-state index contributed by atoms with van der Waals surface area (Å²) in [7, 11) is 0. The molecule has 1 heteroatoms. The summed E-state index contributed by atoms with van der Waals surface area (Å²) >= 11 is 0. The van der Waals surface area contributed by atoms with Gasteiger partial charge in [0.25, 0.3) is 0 Å². The van der Waals surface area contributed by atoms with Gasteiger partial charge in [0.05, 0.1) is 0 Å². The maximum Gasteiger partial charge on any atom is 0.00724 e. The molecular formula is C21H41N. The van der Waals surface area contributed by atoms with Crippen molar-refractivity contribution in [1.82, 2.24) is 5.32 Å². The maximum atomic E-state index is 3.73. The quantitative estimate of drug-likeness (QED) is 0.292. The Balaban J connectivity index is 1.80. The lowest BCUT2D eigenvalue weighted by Crippen LogP contribution is -2.40. The highest BCUT2D eigenvalue weighted by atomic mass is 15.0. The molecule has 22 heavy (non-hydrogen) atoms. The molecule has 1 nitrogen and oxygen atoms in total. The third-order valence-electron chi connectivity index (χ3n) is 5.03. The van der Waals surface area contributed by atoms with Crippen molar-refractivity contribution in [1.29, 1.82) is 0 Å². The molecule has 1 rings (SSSR count). The molecule has 1 aliphatic heterocycles. The van der Waals surface area contributed by atoms with Crippen molar-refractivity contribution < 1.29 is 0 Å². The minimum absolute atomic E-state index is 0.740. The Morgan fingerprint density at radius 1 is 0.818 bits per heavy atom. The molecule has 0 amide bonds. The van der Waals surface area contributed by atoms with Crippen LogP contribution in [0.15, 0.2) is 12.2 Å². The van der Waals surface area contributed by atoms with E-state index in [4.69, 9.17) is 0 Å². The summed E-state index contributed by atoms with van der Waals surface area (Å²) in [6.45, 7) is 4.62. The Morgan fingerprint density at radius 2 is 1.45 bits per heavy atom. The predicted octanol–water partition coefficient (Wildman–Crippen LogP) is 6.77. The Labute approximate surface area is 140 Å². The van der Waals surface area contributed by atoms with Crippen LogP contribution in [-0.4, -0.2) is 12.1 Å². The molecule has 1 aliphatic rings. The zero-order valence-corrected chi connectivity index (χ0v) is 15.4. The average molecular weight is 308 g/mol. The molecule has 0 aliphatic carbocycles. The molecule has 1 heterocycles. The summed E-state index contributed by atoms with van der Waals surface area (Å²) in [5.74, 6) is 0. The molecule has 0 bridgehead atoms. The average Bonchev–Trinajstić information content (AvgIpc) is 2.52. The van der Waals surface area contributed by atoms with Crippen LogP contribution in [0.2, 0.25) is 0 Å². The largest absolute Gasteiger partial charge is 0.311 e. The van der Waals surface area contributed by atoms with Gasteiger partial charge in [-0.1, -0.05) is 76.9 Å². The highest BCUT2D eigenvalue weighted by Gasteiger charge is 2.16. The lowest BCUT2D eigenvalue weighted by atomic mass is 9.96. The summed E-state index contributed by atoms with van der Waals surface area (Å²) in [6, 6.07) is 1.52. The number of unbranched alkanes of at least 4 members (excludes halogenated alkanes) is 9. The normalized spacial score (nSPS) is 22.5. The summed E-state index contributed by atoms with van der Waals surface area (Å²) in [6.07, 6.45) is 25.8. The zero-order valence-electron chi connectivity index (χ0n) is 15.4. The first kappa shape index (κ1) is 19.7. The van der Waals surface area contributed by atoms with Gasteiger partial charge in [-0.25, -0.2) is 0 Å². The van der Waals surface area contributed by atoms with Gasteiger partial charge < -0.3 is 5.32 Å². The molecule has 1 fully saturated rings. The van der Waals surface area contributed by atoms with Gasteiger partial charge in [0.15, 0.2) is 0 Å². The van der Waals surface area contributed by atoms with Gasteiger partial charge in [0, 0.05) is 12.1 Å². The van der Waals surface area contributed by atoms with Crippen molar-refractivity contribution in [2.45, 2.75) is 122 Å². The van der Waals surface area contributed by atoms with E-state index >= 15 is 0 Å². The molecule has 1 saturated heterocycles. The van der Waals surface area contributed by atoms with Crippen LogP contribution in [0.3, 0.4) is 0 Å². The lowest BCUT2D eigenvalue weighted by molar-refractivity contribution is 0.323. The van der Waals surface area contributed by atoms with E-state index in [2.05, 4.69) is 31.3 Å². The molecule has 0 aromatic heterocycles. The number of piperidine rings is 1. The summed E-state index contributed by atoms with van der Waals surface area (Å²) in [5.41, 5.74) is 0. The van der Waals surface area contributed by atoms with E-state index in [9.17, 15) is 0 Å². The smallest absolute Gasteiger partial charge is 0.00724 e. The fourth-order valence-electron chi connectivity index (χ4n) is 3.57. The highest BCUT2D eigenvalue weighted by Crippen LogP contribution is 2.16. The third-order valence-corrected chi connectivity index (χ3v) is 5.03. The van der Waals surface area contributed by atoms with Crippen molar-refractivity contribution in [2.75, 3.05) is 0 Å². The van der Waals surface area contributed by atoms with Gasteiger partial charge in [-0.2, -0.15) is 0 Å². The van der Waals surface area contributed by atoms with E-state index < -0.39 is 0 Å². The summed E-state index contributed by atoms with van der Waals surface area (Å²) in [4.78, 5) is 0. The molecule has 130 valence electrons. The van der Waals surface area contributed by atoms with E-state index in [-0.39, 0.29) is 0 Å². The minimum atomic E-state index is 0.740. The Bertz CT molecular complexity index is 259. The fourth-order valence-corrected chi connectivity index (χ4v) is 3.57. The Kier molecular flexibility index (Phi) is 12.8. The van der Waals surface area contributed by atoms with Crippen LogP contribution < -0.4 is 5.32 Å². The van der Waals surface area contributed by atoms with Crippen molar-refractivity contribution in [3.05, 3.63) is 12.2 Å². The minimum Gasteiger partial charge on any atom is -0.311 e. The molecule has 0 saturated carbocycles. The van der Waals surface area contributed by atoms with E-state index in [0.29, 0.717) is 0 Å². The number of hydrogen-bond donors (Lipinski definition) is 1. The first-order valence-corrected chi connectivity index (χ1v) is 10.2. The molecule has 2 atom stereocenters. The van der Waals surface area contributed by atoms with Gasteiger partial charge in [0.1, 0.15) is 0 Å². The number of rotatable bonds is 13. The molecule has 0 radical (unpaired) electrons. The van der Waals surface area contributed by atoms with Crippen LogP contribution in [-0.2, 0) is 0 Å². The molecule has 0 spiro atoms. The summed E-state index contributed by atoms with van der Waals surface area (Å²) in [5, 5.41) is 3.73. The van der Waals surface area contributed by atoms with E-state index in [1.54, 1.807) is 0 Å². The first-order valence-electron chi connectivity index (χ1n) is 10.2. The van der Waals surface area contributed by atoms with E-state index in [1.165, 1.54) is 96.3 Å². The fraction of sp³-hybridized carbons (Fsp3) is 0.905. The van der Waals surface area contributed by atoms with Crippen molar-refractivity contribution in [3.63, 3.8) is 0 Å². The van der Waals surface area contributed by atoms with Gasteiger partial charge in [-0.05, 0) is 45.4 Å². The van der Waals surface area contributed by atoms with Crippen LogP contribution >= 0.6 is 0 Å². The molecule has 1 N–H and O–H groups in total. The topological polar surface area (TPSA) is 12.0 Å². The van der Waals surface area contributed by atoms with Crippen LogP contribution in [0, 0.1) is 0 Å². The van der Waals surface area contributed by atoms with E-state index in [1.807, 2.05) is 0 Å². The number of hydrogen-bond acceptors (Lipinski definition) is 1. The SMILES string of the molecule is CCCCCCCCCCCC=CCCC1CCCC(C)N1. The van der Waals surface area contributed by atoms with Crippen molar-refractivity contribution in [3.8, 4) is 0 Å². The number of allylic oxidation sites excluding steroid dienone is 2. The van der Waals surface area contributed by atoms with Crippen LogP contribution in [0.1, 0.15) is 110 Å². The standard InChI is InChI=1S/C21H41N/c1-3-4-5-6-7-8-9-10-11-12-13-14-15-18-21-19-16-17-20(2)22-21/h13-14,20-22H,3-12,15-19H2,1-2H3. The molecule has 0 aromatic rings. The molecular weight excluding hydrogens is 266 g/mol. The second kappa shape index (κ2) is 14.3. The molecule has 0 aromatic carbocycles. The second-order valence-corrected chi connectivity index (χ2v) is 7.36. The molecule has 2 unspecified atom stereocenters. The Morgan fingerprint density at radius 3 is 2.14 bits per heavy atom. The third kappa shape index (κ3) is 11.3. The number of nitrogens with one attached hydrogen (secondary N) is 1. The van der Waals surface area contributed by atoms with Gasteiger partial charge in [-0.3, -0.25) is 0 Å². The highest BCUT2D eigenvalue weighted by molar-refractivity contribution is 4.85. The van der Waals surface area contributed by atoms with Crippen LogP contribution in [0.25, 0.3) is 0 Å². The van der Waals surface area contributed by atoms with Gasteiger partial charge in [0.2, 0.25) is 0 Å². The van der Waals surface area contributed by atoms with Crippen LogP contribution in [0.5, 0.6) is 0 Å². The lowest BCUT2D eigenvalue weighted by Gasteiger charge is -2.28. The summed E-state index contributed by atoms with van der Waals surface area (Å²) < 4.78 is 0. The van der Waals surface area contributed by atoms with E-state index in [0.717, 1.165) is 12.1 Å². The van der Waals surface area contributed by atoms with Crippen LogP contribution in [0.4, 0.5) is 0 Å². The van der Waals surface area contributed by atoms with Crippen molar-refractivity contribution >= 4 is 0 Å². The van der Waals surface area contributed by atoms with Gasteiger partial charge >= 0.3 is 0 Å². The van der Waals surface area contributed by atoms with Gasteiger partial charge in [-0.15, -0.1) is 0 Å². The maximum absolute atomic E-state index is 3.73. The van der Waals surface area contributed by atoms with Crippen molar-refractivity contribution in [2.24, 2.45) is 0 Å². The first-order chi connectivity index (χ1) is 10.8. The monoisotopic (exact) mass is 307 g/mol. The zero-order chi connectivity index (χ0) is 15.9.